The van der Waals surface area contributed by atoms with Crippen molar-refractivity contribution in [2.75, 3.05) is 0 Å². The number of hydrogen-bond acceptors (Lipinski definition) is 1. The Kier molecular flexibility index (Phi) is 2.59. The first-order valence-corrected chi connectivity index (χ1v) is 4.86. The van der Waals surface area contributed by atoms with Gasteiger partial charge in [-0.25, -0.2) is 0 Å². The first kappa shape index (κ1) is 8.95. The molecule has 0 amide bonds. The molecule has 0 saturated carbocycles. The summed E-state index contributed by atoms with van der Waals surface area (Å²) in [4.78, 5) is 4.56. The summed E-state index contributed by atoms with van der Waals surface area (Å²) in [5.74, 6) is 0. The van der Waals surface area contributed by atoms with Gasteiger partial charge in [0.2, 0.25) is 0 Å². The topological polar surface area (TPSA) is 12.9 Å². The van der Waals surface area contributed by atoms with E-state index in [9.17, 15) is 0 Å². The summed E-state index contributed by atoms with van der Waals surface area (Å²) in [6, 6.07) is 12.4. The minimum atomic E-state index is 0.918. The second kappa shape index (κ2) is 4.05. The highest BCUT2D eigenvalue weighted by molar-refractivity contribution is 5.78. The molecule has 0 bridgehead atoms. The molecule has 2 rings (SSSR count). The van der Waals surface area contributed by atoms with Crippen molar-refractivity contribution in [3.05, 3.63) is 54.2 Å². The van der Waals surface area contributed by atoms with E-state index >= 15 is 0 Å². The molecule has 0 aliphatic carbocycles. The second-order valence-corrected chi connectivity index (χ2v) is 3.27. The quantitative estimate of drug-likeness (QED) is 0.650. The molecule has 0 aliphatic rings. The van der Waals surface area contributed by atoms with Gasteiger partial charge in [-0.05, 0) is 19.1 Å². The number of pyridine rings is 1. The summed E-state index contributed by atoms with van der Waals surface area (Å²) in [6.45, 7) is 2.03. The lowest BCUT2D eigenvalue weighted by Crippen LogP contribution is -1.87. The largest absolute Gasteiger partial charge is 0.253 e. The first-order chi connectivity index (χ1) is 6.90. The van der Waals surface area contributed by atoms with Crippen LogP contribution in [0.1, 0.15) is 12.6 Å². The minimum absolute atomic E-state index is 0.918. The van der Waals surface area contributed by atoms with Crippen molar-refractivity contribution in [1.82, 2.24) is 4.98 Å². The Morgan fingerprint density at radius 2 is 2.00 bits per heavy atom. The molecule has 0 atom stereocenters. The zero-order valence-electron chi connectivity index (χ0n) is 8.27. The van der Waals surface area contributed by atoms with E-state index < -0.39 is 0 Å². The van der Waals surface area contributed by atoms with Gasteiger partial charge in [-0.15, -0.1) is 0 Å². The Hall–Kier alpha value is -1.63. The number of nitrogens with zero attached hydrogens (tertiary/aromatic N) is 1. The average Bonchev–Trinajstić information content (AvgIpc) is 2.26. The zero-order chi connectivity index (χ0) is 9.80. The van der Waals surface area contributed by atoms with Crippen LogP contribution in [-0.4, -0.2) is 4.98 Å². The van der Waals surface area contributed by atoms with Crippen LogP contribution >= 0.6 is 0 Å². The molecule has 0 radical (unpaired) electrons. The molecule has 1 heteroatoms. The fourth-order valence-electron chi connectivity index (χ4n) is 1.46. The van der Waals surface area contributed by atoms with Crippen molar-refractivity contribution >= 4 is 10.9 Å². The maximum Gasteiger partial charge on any atom is 0.0705 e. The third kappa shape index (κ3) is 1.82. The lowest BCUT2D eigenvalue weighted by atomic mass is 10.2. The molecule has 2 aromatic rings. The molecule has 0 saturated heterocycles. The molecular weight excluding hydrogens is 170 g/mol. The lowest BCUT2D eigenvalue weighted by molar-refractivity contribution is 1.14. The number of allylic oxidation sites excluding steroid dienone is 2. The Morgan fingerprint density at radius 1 is 1.14 bits per heavy atom. The van der Waals surface area contributed by atoms with Gasteiger partial charge in [0, 0.05) is 17.5 Å². The van der Waals surface area contributed by atoms with E-state index in [0.717, 1.165) is 17.6 Å². The van der Waals surface area contributed by atoms with E-state index in [0.29, 0.717) is 0 Å². The fourth-order valence-corrected chi connectivity index (χ4v) is 1.46. The monoisotopic (exact) mass is 183 g/mol. The SMILES string of the molecule is C/C=C/Cc1ccc2ccccc2n1. The van der Waals surface area contributed by atoms with E-state index in [4.69, 9.17) is 0 Å². The lowest BCUT2D eigenvalue weighted by Gasteiger charge is -1.99. The van der Waals surface area contributed by atoms with Gasteiger partial charge in [0.05, 0.1) is 5.52 Å². The summed E-state index contributed by atoms with van der Waals surface area (Å²) in [5, 5.41) is 1.21. The van der Waals surface area contributed by atoms with E-state index in [1.54, 1.807) is 0 Å². The fraction of sp³-hybridized carbons (Fsp3) is 0.154. The molecule has 1 nitrogen and oxygen atoms in total. The van der Waals surface area contributed by atoms with Crippen LogP contribution < -0.4 is 0 Å². The van der Waals surface area contributed by atoms with E-state index in [-0.39, 0.29) is 0 Å². The number of rotatable bonds is 2. The number of para-hydroxylation sites is 1. The van der Waals surface area contributed by atoms with Crippen LogP contribution in [0.2, 0.25) is 0 Å². The van der Waals surface area contributed by atoms with Crippen LogP contribution in [0, 0.1) is 0 Å². The molecule has 0 unspecified atom stereocenters. The Morgan fingerprint density at radius 3 is 2.86 bits per heavy atom. The Labute approximate surface area is 84.1 Å². The maximum absolute atomic E-state index is 4.56. The van der Waals surface area contributed by atoms with Gasteiger partial charge < -0.3 is 0 Å². The van der Waals surface area contributed by atoms with Crippen LogP contribution in [0.5, 0.6) is 0 Å². The van der Waals surface area contributed by atoms with Crippen LogP contribution in [0.4, 0.5) is 0 Å². The molecule has 1 aromatic carbocycles. The summed E-state index contributed by atoms with van der Waals surface area (Å²) in [7, 11) is 0. The van der Waals surface area contributed by atoms with Crippen molar-refractivity contribution in [3.63, 3.8) is 0 Å². The highest BCUT2D eigenvalue weighted by atomic mass is 14.7. The summed E-state index contributed by atoms with van der Waals surface area (Å²) < 4.78 is 0. The average molecular weight is 183 g/mol. The number of benzene rings is 1. The zero-order valence-corrected chi connectivity index (χ0v) is 8.27. The van der Waals surface area contributed by atoms with Gasteiger partial charge >= 0.3 is 0 Å². The van der Waals surface area contributed by atoms with Gasteiger partial charge in [-0.1, -0.05) is 36.4 Å². The van der Waals surface area contributed by atoms with Crippen LogP contribution in [-0.2, 0) is 6.42 Å². The Bertz CT molecular complexity index is 457. The molecular formula is C13H13N. The number of aromatic nitrogens is 1. The Balaban J connectivity index is 2.41. The van der Waals surface area contributed by atoms with Crippen molar-refractivity contribution in [2.24, 2.45) is 0 Å². The van der Waals surface area contributed by atoms with Crippen LogP contribution in [0.3, 0.4) is 0 Å². The molecule has 1 heterocycles. The van der Waals surface area contributed by atoms with Gasteiger partial charge in [0.1, 0.15) is 0 Å². The molecule has 0 N–H and O–H groups in total. The van der Waals surface area contributed by atoms with E-state index in [1.165, 1.54) is 5.39 Å². The van der Waals surface area contributed by atoms with Crippen molar-refractivity contribution in [3.8, 4) is 0 Å². The summed E-state index contributed by atoms with van der Waals surface area (Å²) in [5.41, 5.74) is 2.20. The predicted octanol–water partition coefficient (Wildman–Crippen LogP) is 3.35. The van der Waals surface area contributed by atoms with Crippen molar-refractivity contribution in [2.45, 2.75) is 13.3 Å². The maximum atomic E-state index is 4.56. The molecule has 0 spiro atoms. The molecule has 70 valence electrons. The molecule has 0 fully saturated rings. The minimum Gasteiger partial charge on any atom is -0.253 e. The second-order valence-electron chi connectivity index (χ2n) is 3.27. The van der Waals surface area contributed by atoms with Crippen LogP contribution in [0.15, 0.2) is 48.6 Å². The smallest absolute Gasteiger partial charge is 0.0705 e. The van der Waals surface area contributed by atoms with E-state index in [1.807, 2.05) is 19.1 Å². The third-order valence-electron chi connectivity index (χ3n) is 2.22. The van der Waals surface area contributed by atoms with Crippen molar-refractivity contribution < 1.29 is 0 Å². The van der Waals surface area contributed by atoms with Gasteiger partial charge in [-0.3, -0.25) is 4.98 Å². The summed E-state index contributed by atoms with van der Waals surface area (Å²) >= 11 is 0. The molecule has 1 aromatic heterocycles. The molecule has 14 heavy (non-hydrogen) atoms. The predicted molar refractivity (Wildman–Crippen MR) is 60.3 cm³/mol. The number of hydrogen-bond donors (Lipinski definition) is 0. The van der Waals surface area contributed by atoms with Gasteiger partial charge in [0.15, 0.2) is 0 Å². The van der Waals surface area contributed by atoms with Crippen molar-refractivity contribution in [1.29, 1.82) is 0 Å². The third-order valence-corrected chi connectivity index (χ3v) is 2.22. The van der Waals surface area contributed by atoms with E-state index in [2.05, 4.69) is 41.4 Å². The highest BCUT2D eigenvalue weighted by Gasteiger charge is 1.94. The van der Waals surface area contributed by atoms with Gasteiger partial charge in [-0.2, -0.15) is 0 Å². The van der Waals surface area contributed by atoms with Crippen LogP contribution in [0.25, 0.3) is 10.9 Å². The molecule has 0 aliphatic heterocycles. The normalized spacial score (nSPS) is 11.2. The van der Waals surface area contributed by atoms with Gasteiger partial charge in [0.25, 0.3) is 0 Å². The highest BCUT2D eigenvalue weighted by Crippen LogP contribution is 2.11. The standard InChI is InChI=1S/C13H13N/c1-2-3-7-12-10-9-11-6-4-5-8-13(11)14-12/h2-6,8-10H,7H2,1H3/b3-2+. The first-order valence-electron chi connectivity index (χ1n) is 4.86. The number of fused-ring (bicyclic) bond motifs is 1. The summed E-state index contributed by atoms with van der Waals surface area (Å²) in [6.07, 6.45) is 5.09.